The molecule has 2 heterocycles. The lowest BCUT2D eigenvalue weighted by atomic mass is 10.1. The highest BCUT2D eigenvalue weighted by Gasteiger charge is 2.21. The molecule has 7 nitrogen and oxygen atoms in total. The van der Waals surface area contributed by atoms with Crippen molar-refractivity contribution >= 4 is 16.9 Å². The molecule has 3 rings (SSSR count). The molecular formula is C18H27N5O2. The van der Waals surface area contributed by atoms with Crippen molar-refractivity contribution in [3.63, 3.8) is 0 Å². The van der Waals surface area contributed by atoms with Crippen LogP contribution in [0.2, 0.25) is 0 Å². The number of aromatic nitrogens is 3. The molecule has 0 radical (unpaired) electrons. The Labute approximate surface area is 148 Å². The maximum Gasteiger partial charge on any atom is 0.255 e. The van der Waals surface area contributed by atoms with E-state index in [4.69, 9.17) is 4.74 Å². The zero-order valence-electron chi connectivity index (χ0n) is 15.0. The van der Waals surface area contributed by atoms with E-state index in [1.54, 1.807) is 19.2 Å². The Bertz CT molecular complexity index is 715. The third-order valence-corrected chi connectivity index (χ3v) is 4.93. The topological polar surface area (TPSA) is 83.1 Å². The SMILES string of the molecule is CCN1CCCCCC[C@@H](NC(=O)c2cc3nn[nH]c3cc2OC)C1. The van der Waals surface area contributed by atoms with Gasteiger partial charge in [-0.05, 0) is 32.0 Å². The van der Waals surface area contributed by atoms with Crippen molar-refractivity contribution < 1.29 is 9.53 Å². The number of carbonyl (C=O) groups excluding carboxylic acids is 1. The number of benzene rings is 1. The second-order valence-electron chi connectivity index (χ2n) is 6.65. The third-order valence-electron chi connectivity index (χ3n) is 4.93. The minimum absolute atomic E-state index is 0.109. The predicted molar refractivity (Wildman–Crippen MR) is 96.9 cm³/mol. The van der Waals surface area contributed by atoms with Gasteiger partial charge in [0.25, 0.3) is 5.91 Å². The fraction of sp³-hybridized carbons (Fsp3) is 0.611. The standard InChI is InChI=1S/C18H27N5O2/c1-3-23-9-7-5-4-6-8-13(12-23)19-18(24)14-10-15-16(21-22-20-15)11-17(14)25-2/h10-11,13H,3-9,12H2,1-2H3,(H,19,24)(H,20,21,22)/t13-/m1/s1. The van der Waals surface area contributed by atoms with Crippen LogP contribution in [0, 0.1) is 0 Å². The number of amides is 1. The molecular weight excluding hydrogens is 318 g/mol. The molecule has 2 N–H and O–H groups in total. The van der Waals surface area contributed by atoms with Gasteiger partial charge in [0.2, 0.25) is 0 Å². The first kappa shape index (κ1) is 17.7. The number of ether oxygens (including phenoxy) is 1. The van der Waals surface area contributed by atoms with Gasteiger partial charge in [0.1, 0.15) is 11.3 Å². The van der Waals surface area contributed by atoms with Crippen LogP contribution in [0.4, 0.5) is 0 Å². The van der Waals surface area contributed by atoms with Gasteiger partial charge in [-0.2, -0.15) is 0 Å². The first-order valence-corrected chi connectivity index (χ1v) is 9.13. The molecule has 136 valence electrons. The highest BCUT2D eigenvalue weighted by molar-refractivity contribution is 6.00. The van der Waals surface area contributed by atoms with Crippen LogP contribution in [0.25, 0.3) is 11.0 Å². The second kappa shape index (κ2) is 8.29. The Balaban J connectivity index is 1.77. The summed E-state index contributed by atoms with van der Waals surface area (Å²) in [6.07, 6.45) is 5.91. The number of nitrogens with one attached hydrogen (secondary N) is 2. The lowest BCUT2D eigenvalue weighted by Gasteiger charge is -2.26. The summed E-state index contributed by atoms with van der Waals surface area (Å²) in [6.45, 7) is 5.20. The molecule has 1 amide bonds. The zero-order chi connectivity index (χ0) is 17.6. The van der Waals surface area contributed by atoms with Crippen molar-refractivity contribution in [1.29, 1.82) is 0 Å². The van der Waals surface area contributed by atoms with Gasteiger partial charge in [-0.25, -0.2) is 0 Å². The summed E-state index contributed by atoms with van der Waals surface area (Å²) in [4.78, 5) is 15.3. The van der Waals surface area contributed by atoms with E-state index >= 15 is 0 Å². The molecule has 1 aromatic heterocycles. The Morgan fingerprint density at radius 3 is 3.00 bits per heavy atom. The summed E-state index contributed by atoms with van der Waals surface area (Å²) in [5.74, 6) is 0.425. The van der Waals surface area contributed by atoms with Gasteiger partial charge in [0, 0.05) is 18.7 Å². The Hall–Kier alpha value is -2.15. The van der Waals surface area contributed by atoms with Crippen LogP contribution in [0.3, 0.4) is 0 Å². The quantitative estimate of drug-likeness (QED) is 0.889. The summed E-state index contributed by atoms with van der Waals surface area (Å²) >= 11 is 0. The molecule has 1 fully saturated rings. The van der Waals surface area contributed by atoms with E-state index in [1.165, 1.54) is 19.3 Å². The zero-order valence-corrected chi connectivity index (χ0v) is 15.0. The van der Waals surface area contributed by atoms with Crippen molar-refractivity contribution in [2.24, 2.45) is 0 Å². The Morgan fingerprint density at radius 1 is 1.36 bits per heavy atom. The minimum atomic E-state index is -0.109. The number of aromatic amines is 1. The number of rotatable bonds is 4. The smallest absolute Gasteiger partial charge is 0.255 e. The maximum absolute atomic E-state index is 12.9. The molecule has 25 heavy (non-hydrogen) atoms. The van der Waals surface area contributed by atoms with Gasteiger partial charge >= 0.3 is 0 Å². The lowest BCUT2D eigenvalue weighted by molar-refractivity contribution is 0.0920. The molecule has 0 bridgehead atoms. The fourth-order valence-electron chi connectivity index (χ4n) is 3.46. The van der Waals surface area contributed by atoms with Crippen molar-refractivity contribution in [3.8, 4) is 5.75 Å². The molecule has 7 heteroatoms. The average molecular weight is 345 g/mol. The normalized spacial score (nSPS) is 19.8. The highest BCUT2D eigenvalue weighted by Crippen LogP contribution is 2.24. The molecule has 1 aliphatic rings. The Kier molecular flexibility index (Phi) is 5.86. The van der Waals surface area contributed by atoms with E-state index in [9.17, 15) is 4.79 Å². The van der Waals surface area contributed by atoms with Gasteiger partial charge < -0.3 is 15.0 Å². The van der Waals surface area contributed by atoms with Gasteiger partial charge in [0.05, 0.1) is 18.2 Å². The van der Waals surface area contributed by atoms with Gasteiger partial charge in [-0.15, -0.1) is 5.10 Å². The fourth-order valence-corrected chi connectivity index (χ4v) is 3.46. The summed E-state index contributed by atoms with van der Waals surface area (Å²) in [7, 11) is 1.57. The number of hydrogen-bond donors (Lipinski definition) is 2. The number of carbonyl (C=O) groups is 1. The van der Waals surface area contributed by atoms with E-state index in [1.807, 2.05) is 0 Å². The number of nitrogens with zero attached hydrogens (tertiary/aromatic N) is 3. The summed E-state index contributed by atoms with van der Waals surface area (Å²) < 4.78 is 5.39. The van der Waals surface area contributed by atoms with Crippen LogP contribution >= 0.6 is 0 Å². The first-order valence-electron chi connectivity index (χ1n) is 9.13. The molecule has 1 saturated heterocycles. The number of hydrogen-bond acceptors (Lipinski definition) is 5. The molecule has 2 aromatic rings. The molecule has 0 unspecified atom stereocenters. The van der Waals surface area contributed by atoms with E-state index in [2.05, 4.69) is 32.6 Å². The van der Waals surface area contributed by atoms with E-state index < -0.39 is 0 Å². The lowest BCUT2D eigenvalue weighted by Crippen LogP contribution is -2.43. The van der Waals surface area contributed by atoms with Crippen LogP contribution in [0.1, 0.15) is 49.4 Å². The first-order chi connectivity index (χ1) is 12.2. The van der Waals surface area contributed by atoms with Gasteiger partial charge in [0.15, 0.2) is 0 Å². The molecule has 1 aromatic carbocycles. The number of likely N-dealkylation sites (N-methyl/N-ethyl adjacent to an activating group) is 1. The number of methoxy groups -OCH3 is 1. The summed E-state index contributed by atoms with van der Waals surface area (Å²) in [6, 6.07) is 3.66. The minimum Gasteiger partial charge on any atom is -0.496 e. The predicted octanol–water partition coefficient (Wildman–Crippen LogP) is 2.35. The third kappa shape index (κ3) is 4.28. The van der Waals surface area contributed by atoms with Crippen LogP contribution in [-0.4, -0.2) is 59.0 Å². The second-order valence-corrected chi connectivity index (χ2v) is 6.65. The monoisotopic (exact) mass is 345 g/mol. The van der Waals surface area contributed by atoms with Crippen molar-refractivity contribution in [2.45, 2.75) is 45.1 Å². The van der Waals surface area contributed by atoms with Gasteiger partial charge in [-0.1, -0.05) is 31.4 Å². The summed E-state index contributed by atoms with van der Waals surface area (Å²) in [5, 5.41) is 13.8. The van der Waals surface area contributed by atoms with E-state index in [0.717, 1.165) is 38.0 Å². The highest BCUT2D eigenvalue weighted by atomic mass is 16.5. The van der Waals surface area contributed by atoms with Crippen molar-refractivity contribution in [3.05, 3.63) is 17.7 Å². The molecule has 1 atom stereocenters. The van der Waals surface area contributed by atoms with Crippen molar-refractivity contribution in [2.75, 3.05) is 26.7 Å². The van der Waals surface area contributed by atoms with Crippen LogP contribution in [0.5, 0.6) is 5.75 Å². The van der Waals surface area contributed by atoms with Crippen molar-refractivity contribution in [1.82, 2.24) is 25.6 Å². The van der Waals surface area contributed by atoms with E-state index in [0.29, 0.717) is 16.8 Å². The average Bonchev–Trinajstić information content (AvgIpc) is 3.11. The van der Waals surface area contributed by atoms with Crippen LogP contribution in [-0.2, 0) is 0 Å². The summed E-state index contributed by atoms with van der Waals surface area (Å²) in [5.41, 5.74) is 1.93. The van der Waals surface area contributed by atoms with Crippen LogP contribution in [0.15, 0.2) is 12.1 Å². The molecule has 1 aliphatic heterocycles. The van der Waals surface area contributed by atoms with E-state index in [-0.39, 0.29) is 11.9 Å². The maximum atomic E-state index is 12.9. The van der Waals surface area contributed by atoms with Gasteiger partial charge in [-0.3, -0.25) is 9.89 Å². The number of H-pyrrole nitrogens is 1. The Morgan fingerprint density at radius 2 is 2.20 bits per heavy atom. The molecule has 0 aliphatic carbocycles. The number of fused-ring (bicyclic) bond motifs is 1. The molecule has 0 saturated carbocycles. The largest absolute Gasteiger partial charge is 0.496 e. The molecule has 0 spiro atoms. The van der Waals surface area contributed by atoms with Crippen LogP contribution < -0.4 is 10.1 Å².